The first kappa shape index (κ1) is 27.1. The van der Waals surface area contributed by atoms with Crippen molar-refractivity contribution < 1.29 is 18.0 Å². The van der Waals surface area contributed by atoms with Crippen LogP contribution >= 0.6 is 22.9 Å². The zero-order chi connectivity index (χ0) is 28.6. The predicted octanol–water partition coefficient (Wildman–Crippen LogP) is 8.80. The summed E-state index contributed by atoms with van der Waals surface area (Å²) in [7, 11) is 0. The number of nitrogens with zero attached hydrogens (tertiary/aromatic N) is 2. The van der Waals surface area contributed by atoms with Crippen LogP contribution in [0.5, 0.6) is 0 Å². The fourth-order valence-corrected chi connectivity index (χ4v) is 6.00. The summed E-state index contributed by atoms with van der Waals surface area (Å²) in [5.74, 6) is -0.264. The summed E-state index contributed by atoms with van der Waals surface area (Å²) in [6.45, 7) is 0.00995. The van der Waals surface area contributed by atoms with Gasteiger partial charge in [0.1, 0.15) is 5.65 Å². The number of halogens is 4. The van der Waals surface area contributed by atoms with Gasteiger partial charge in [-0.2, -0.15) is 13.2 Å². The van der Waals surface area contributed by atoms with E-state index in [0.29, 0.717) is 17.0 Å². The molecule has 3 aromatic carbocycles. The molecule has 4 nitrogen and oxygen atoms in total. The Hall–Kier alpha value is -4.14. The molecule has 0 fully saturated rings. The second-order valence-electron chi connectivity index (χ2n) is 9.68. The standard InChI is InChI=1S/C32H23ClF3N3OS/c33-25-11-8-21(9-12-25)31-26(13-15-30(40)37-18-20-4-3-6-24(16-20)32(34,35)36)39-19-23(10-14-29(39)38-31)28-17-22-5-1-2-7-27(22)41-28/h1-12,14,16-17,19H,13,15,18H2,(H,37,40). The number of carbonyl (C=O) groups excluding carboxylic acids is 1. The van der Waals surface area contributed by atoms with Crippen LogP contribution in [-0.4, -0.2) is 15.3 Å². The van der Waals surface area contributed by atoms with Gasteiger partial charge in [0.05, 0.1) is 17.0 Å². The van der Waals surface area contributed by atoms with Gasteiger partial charge >= 0.3 is 6.18 Å². The Labute approximate surface area is 243 Å². The minimum atomic E-state index is -4.43. The van der Waals surface area contributed by atoms with Crippen LogP contribution in [0.25, 0.3) is 37.4 Å². The van der Waals surface area contributed by atoms with Gasteiger partial charge in [0.2, 0.25) is 5.91 Å². The summed E-state index contributed by atoms with van der Waals surface area (Å²) in [5, 5.41) is 4.54. The van der Waals surface area contributed by atoms with Gasteiger partial charge in [-0.25, -0.2) is 4.98 Å². The number of pyridine rings is 1. The maximum atomic E-state index is 13.1. The molecular formula is C32H23ClF3N3OS. The van der Waals surface area contributed by atoms with Gasteiger partial charge < -0.3 is 9.72 Å². The summed E-state index contributed by atoms with van der Waals surface area (Å²) >= 11 is 7.83. The van der Waals surface area contributed by atoms with Crippen LogP contribution in [0.2, 0.25) is 5.02 Å². The van der Waals surface area contributed by atoms with Gasteiger partial charge in [-0.1, -0.05) is 54.1 Å². The Bertz CT molecular complexity index is 1840. The van der Waals surface area contributed by atoms with E-state index < -0.39 is 11.7 Å². The molecule has 1 amide bonds. The number of hydrogen-bond acceptors (Lipinski definition) is 3. The van der Waals surface area contributed by atoms with Crippen molar-refractivity contribution >= 4 is 44.6 Å². The average Bonchev–Trinajstić information content (AvgIpc) is 3.56. The van der Waals surface area contributed by atoms with E-state index in [1.807, 2.05) is 47.0 Å². The number of aromatic nitrogens is 2. The van der Waals surface area contributed by atoms with Crippen molar-refractivity contribution in [3.8, 4) is 21.7 Å². The molecule has 41 heavy (non-hydrogen) atoms. The summed E-state index contributed by atoms with van der Waals surface area (Å²) < 4.78 is 42.4. The Morgan fingerprint density at radius 1 is 0.927 bits per heavy atom. The van der Waals surface area contributed by atoms with Crippen molar-refractivity contribution in [2.45, 2.75) is 25.6 Å². The molecule has 1 N–H and O–H groups in total. The minimum Gasteiger partial charge on any atom is -0.352 e. The van der Waals surface area contributed by atoms with Crippen molar-refractivity contribution in [2.75, 3.05) is 0 Å². The first-order chi connectivity index (χ1) is 19.7. The summed E-state index contributed by atoms with van der Waals surface area (Å²) in [4.78, 5) is 18.8. The Kier molecular flexibility index (Phi) is 7.28. The normalized spacial score (nSPS) is 11.8. The van der Waals surface area contributed by atoms with Crippen molar-refractivity contribution in [2.24, 2.45) is 0 Å². The molecular weight excluding hydrogens is 567 g/mol. The lowest BCUT2D eigenvalue weighted by molar-refractivity contribution is -0.137. The number of rotatable bonds is 7. The number of aryl methyl sites for hydroxylation is 1. The molecule has 0 bridgehead atoms. The number of fused-ring (bicyclic) bond motifs is 2. The van der Waals surface area contributed by atoms with Crippen LogP contribution in [0.3, 0.4) is 0 Å². The van der Waals surface area contributed by atoms with Gasteiger partial charge in [0, 0.05) is 44.9 Å². The summed E-state index contributed by atoms with van der Waals surface area (Å²) in [6, 6.07) is 26.8. The van der Waals surface area contributed by atoms with Crippen LogP contribution in [0.15, 0.2) is 97.2 Å². The fourth-order valence-electron chi connectivity index (χ4n) is 4.82. The molecule has 0 saturated heterocycles. The van der Waals surface area contributed by atoms with Crippen molar-refractivity contribution in [1.29, 1.82) is 0 Å². The third-order valence-corrected chi connectivity index (χ3v) is 8.30. The van der Waals surface area contributed by atoms with Crippen LogP contribution in [-0.2, 0) is 23.9 Å². The highest BCUT2D eigenvalue weighted by Crippen LogP contribution is 2.35. The van der Waals surface area contributed by atoms with Crippen molar-refractivity contribution in [3.05, 3.63) is 119 Å². The van der Waals surface area contributed by atoms with Crippen molar-refractivity contribution in [1.82, 2.24) is 14.7 Å². The molecule has 0 aliphatic rings. The van der Waals surface area contributed by atoms with E-state index in [1.165, 1.54) is 16.2 Å². The first-order valence-corrected chi connectivity index (χ1v) is 14.1. The molecule has 9 heteroatoms. The number of benzene rings is 3. The second kappa shape index (κ2) is 11.0. The molecule has 6 rings (SSSR count). The number of hydrogen-bond donors (Lipinski definition) is 1. The third kappa shape index (κ3) is 5.85. The molecule has 206 valence electrons. The number of thiophene rings is 1. The second-order valence-corrected chi connectivity index (χ2v) is 11.2. The van der Waals surface area contributed by atoms with E-state index in [0.717, 1.165) is 45.2 Å². The Balaban J connectivity index is 1.28. The molecule has 0 aliphatic carbocycles. The Morgan fingerprint density at radius 2 is 1.71 bits per heavy atom. The van der Waals surface area contributed by atoms with Crippen LogP contribution in [0, 0.1) is 0 Å². The van der Waals surface area contributed by atoms with Gasteiger partial charge in [0.25, 0.3) is 0 Å². The molecule has 0 unspecified atom stereocenters. The molecule has 3 aromatic heterocycles. The fraction of sp³-hybridized carbons (Fsp3) is 0.125. The molecule has 0 radical (unpaired) electrons. The summed E-state index contributed by atoms with van der Waals surface area (Å²) in [6.07, 6.45) is -1.87. The molecule has 0 saturated carbocycles. The lowest BCUT2D eigenvalue weighted by Gasteiger charge is -2.10. The largest absolute Gasteiger partial charge is 0.416 e. The highest BCUT2D eigenvalue weighted by Gasteiger charge is 2.30. The topological polar surface area (TPSA) is 46.4 Å². The maximum absolute atomic E-state index is 13.1. The van der Waals surface area contributed by atoms with Gasteiger partial charge in [-0.15, -0.1) is 11.3 Å². The maximum Gasteiger partial charge on any atom is 0.416 e. The number of carbonyl (C=O) groups is 1. The van der Waals surface area contributed by atoms with Crippen LogP contribution in [0.1, 0.15) is 23.2 Å². The summed E-state index contributed by atoms with van der Waals surface area (Å²) in [5.41, 5.74) is 3.92. The first-order valence-electron chi connectivity index (χ1n) is 12.9. The van der Waals surface area contributed by atoms with Crippen LogP contribution in [0.4, 0.5) is 13.2 Å². The predicted molar refractivity (Wildman–Crippen MR) is 158 cm³/mol. The molecule has 6 aromatic rings. The number of imidazole rings is 1. The van der Waals surface area contributed by atoms with Crippen molar-refractivity contribution in [3.63, 3.8) is 0 Å². The number of amides is 1. The third-order valence-electron chi connectivity index (χ3n) is 6.88. The monoisotopic (exact) mass is 589 g/mol. The number of alkyl halides is 3. The highest BCUT2D eigenvalue weighted by atomic mass is 35.5. The lowest BCUT2D eigenvalue weighted by Crippen LogP contribution is -2.23. The lowest BCUT2D eigenvalue weighted by atomic mass is 10.1. The van der Waals surface area contributed by atoms with E-state index in [9.17, 15) is 18.0 Å². The zero-order valence-electron chi connectivity index (χ0n) is 21.6. The van der Waals surface area contributed by atoms with E-state index in [1.54, 1.807) is 29.5 Å². The van der Waals surface area contributed by atoms with Gasteiger partial charge in [-0.05, 0) is 65.9 Å². The van der Waals surface area contributed by atoms with Gasteiger partial charge in [-0.3, -0.25) is 4.79 Å². The zero-order valence-corrected chi connectivity index (χ0v) is 23.2. The van der Waals surface area contributed by atoms with E-state index in [2.05, 4.69) is 23.5 Å². The highest BCUT2D eigenvalue weighted by molar-refractivity contribution is 7.22. The van der Waals surface area contributed by atoms with E-state index in [-0.39, 0.29) is 18.9 Å². The Morgan fingerprint density at radius 3 is 2.49 bits per heavy atom. The smallest absolute Gasteiger partial charge is 0.352 e. The molecule has 3 heterocycles. The van der Waals surface area contributed by atoms with Crippen LogP contribution < -0.4 is 5.32 Å². The molecule has 0 atom stereocenters. The molecule has 0 spiro atoms. The van der Waals surface area contributed by atoms with E-state index >= 15 is 0 Å². The average molecular weight is 590 g/mol. The van der Waals surface area contributed by atoms with Gasteiger partial charge in [0.15, 0.2) is 0 Å². The number of nitrogens with one attached hydrogen (secondary N) is 1. The quantitative estimate of drug-likeness (QED) is 0.202. The minimum absolute atomic E-state index is 0.00995. The SMILES string of the molecule is O=C(CCc1c(-c2ccc(Cl)cc2)nc2ccc(-c3cc4ccccc4s3)cn12)NCc1cccc(C(F)(F)F)c1. The van der Waals surface area contributed by atoms with E-state index in [4.69, 9.17) is 16.6 Å². The molecule has 0 aliphatic heterocycles.